The van der Waals surface area contributed by atoms with Crippen LogP contribution in [0, 0.1) is 0 Å². The van der Waals surface area contributed by atoms with E-state index in [1.165, 1.54) is 10.6 Å². The Bertz CT molecular complexity index is 721. The van der Waals surface area contributed by atoms with Gasteiger partial charge in [0.05, 0.1) is 30.2 Å². The Morgan fingerprint density at radius 1 is 1.38 bits per heavy atom. The van der Waals surface area contributed by atoms with Gasteiger partial charge in [0.25, 0.3) is 0 Å². The molecule has 1 aliphatic rings. The molecule has 114 valence electrons. The summed E-state index contributed by atoms with van der Waals surface area (Å²) in [5, 5.41) is 4.08. The van der Waals surface area contributed by atoms with Crippen molar-refractivity contribution in [1.29, 1.82) is 0 Å². The standard InChI is InChI=1S/C12H18N6O2S/c1-3-21(19,20)18-5-4-17-11(6-14-12(17)10(18)2)7-16-9-13-8-15-16/h6,8-10H,3-5,7H2,1-2H3. The Morgan fingerprint density at radius 2 is 2.19 bits per heavy atom. The van der Waals surface area contributed by atoms with Crippen molar-refractivity contribution in [3.05, 3.63) is 30.4 Å². The van der Waals surface area contributed by atoms with Crippen LogP contribution in [0.15, 0.2) is 18.9 Å². The molecule has 0 spiro atoms. The molecule has 2 aromatic heterocycles. The molecule has 2 aromatic rings. The zero-order valence-electron chi connectivity index (χ0n) is 12.0. The van der Waals surface area contributed by atoms with Crippen LogP contribution in [0.5, 0.6) is 0 Å². The van der Waals surface area contributed by atoms with E-state index in [4.69, 9.17) is 0 Å². The van der Waals surface area contributed by atoms with Crippen LogP contribution in [0.2, 0.25) is 0 Å². The maximum absolute atomic E-state index is 12.1. The molecule has 3 heterocycles. The maximum Gasteiger partial charge on any atom is 0.214 e. The van der Waals surface area contributed by atoms with Crippen molar-refractivity contribution in [1.82, 2.24) is 28.6 Å². The van der Waals surface area contributed by atoms with E-state index in [2.05, 4.69) is 19.6 Å². The summed E-state index contributed by atoms with van der Waals surface area (Å²) >= 11 is 0. The molecule has 0 amide bonds. The molecule has 0 aliphatic carbocycles. The van der Waals surface area contributed by atoms with Crippen LogP contribution >= 0.6 is 0 Å². The average Bonchev–Trinajstić information content (AvgIpc) is 3.10. The highest BCUT2D eigenvalue weighted by Crippen LogP contribution is 2.28. The van der Waals surface area contributed by atoms with Gasteiger partial charge in [-0.15, -0.1) is 0 Å². The number of sulfonamides is 1. The smallest absolute Gasteiger partial charge is 0.214 e. The number of fused-ring (bicyclic) bond motifs is 1. The first-order chi connectivity index (χ1) is 10.0. The highest BCUT2D eigenvalue weighted by Gasteiger charge is 2.33. The highest BCUT2D eigenvalue weighted by molar-refractivity contribution is 7.89. The first kappa shape index (κ1) is 14.2. The van der Waals surface area contributed by atoms with Gasteiger partial charge in [0.1, 0.15) is 18.5 Å². The van der Waals surface area contributed by atoms with Crippen molar-refractivity contribution < 1.29 is 8.42 Å². The number of hydrogen-bond donors (Lipinski definition) is 0. The second-order valence-corrected chi connectivity index (χ2v) is 7.25. The summed E-state index contributed by atoms with van der Waals surface area (Å²) in [6.07, 6.45) is 4.93. The highest BCUT2D eigenvalue weighted by atomic mass is 32.2. The molecular formula is C12H18N6O2S. The zero-order chi connectivity index (χ0) is 15.0. The molecule has 0 saturated carbocycles. The predicted octanol–water partition coefficient (Wildman–Crippen LogP) is 0.249. The van der Waals surface area contributed by atoms with E-state index in [1.807, 2.05) is 6.92 Å². The molecule has 0 aromatic carbocycles. The number of hydrogen-bond acceptors (Lipinski definition) is 5. The normalized spacial score (nSPS) is 19.6. The maximum atomic E-state index is 12.1. The summed E-state index contributed by atoms with van der Waals surface area (Å²) in [5.41, 5.74) is 1.01. The fourth-order valence-electron chi connectivity index (χ4n) is 2.69. The van der Waals surface area contributed by atoms with Gasteiger partial charge in [-0.2, -0.15) is 9.40 Å². The molecule has 0 saturated heterocycles. The predicted molar refractivity (Wildman–Crippen MR) is 75.9 cm³/mol. The van der Waals surface area contributed by atoms with E-state index in [-0.39, 0.29) is 11.8 Å². The average molecular weight is 310 g/mol. The van der Waals surface area contributed by atoms with Gasteiger partial charge in [-0.25, -0.2) is 23.1 Å². The quantitative estimate of drug-likeness (QED) is 0.808. The Hall–Kier alpha value is -1.74. The van der Waals surface area contributed by atoms with Gasteiger partial charge in [-0.1, -0.05) is 0 Å². The molecule has 9 heteroatoms. The summed E-state index contributed by atoms with van der Waals surface area (Å²) in [7, 11) is -3.20. The lowest BCUT2D eigenvalue weighted by molar-refractivity contribution is 0.273. The van der Waals surface area contributed by atoms with Gasteiger partial charge in [0.15, 0.2) is 0 Å². The molecule has 8 nitrogen and oxygen atoms in total. The van der Waals surface area contributed by atoms with Crippen LogP contribution in [0.3, 0.4) is 0 Å². The lowest BCUT2D eigenvalue weighted by Gasteiger charge is -2.33. The molecule has 1 unspecified atom stereocenters. The zero-order valence-corrected chi connectivity index (χ0v) is 12.9. The molecule has 0 N–H and O–H groups in total. The first-order valence-electron chi connectivity index (χ1n) is 6.89. The van der Waals surface area contributed by atoms with E-state index in [9.17, 15) is 8.42 Å². The van der Waals surface area contributed by atoms with Gasteiger partial charge < -0.3 is 4.57 Å². The minimum Gasteiger partial charge on any atom is -0.328 e. The third-order valence-corrected chi connectivity index (χ3v) is 5.77. The second kappa shape index (κ2) is 5.23. The van der Waals surface area contributed by atoms with E-state index < -0.39 is 10.0 Å². The van der Waals surface area contributed by atoms with Crippen LogP contribution in [0.25, 0.3) is 0 Å². The lowest BCUT2D eigenvalue weighted by atomic mass is 10.2. The largest absolute Gasteiger partial charge is 0.328 e. The van der Waals surface area contributed by atoms with E-state index in [0.29, 0.717) is 19.6 Å². The number of nitrogens with zero attached hydrogens (tertiary/aromatic N) is 6. The van der Waals surface area contributed by atoms with Crippen LogP contribution in [0.4, 0.5) is 0 Å². The monoisotopic (exact) mass is 310 g/mol. The molecule has 1 aliphatic heterocycles. The van der Waals surface area contributed by atoms with Crippen molar-refractivity contribution in [2.45, 2.75) is 33.0 Å². The number of rotatable bonds is 4. The molecular weight excluding hydrogens is 292 g/mol. The van der Waals surface area contributed by atoms with Crippen molar-refractivity contribution in [3.8, 4) is 0 Å². The lowest BCUT2D eigenvalue weighted by Crippen LogP contribution is -2.42. The van der Waals surface area contributed by atoms with Gasteiger partial charge in [-0.05, 0) is 13.8 Å². The fourth-order valence-corrected chi connectivity index (χ4v) is 3.96. The van der Waals surface area contributed by atoms with Crippen molar-refractivity contribution in [3.63, 3.8) is 0 Å². The third-order valence-electron chi connectivity index (χ3n) is 3.83. The second-order valence-electron chi connectivity index (χ2n) is 5.04. The van der Waals surface area contributed by atoms with Crippen molar-refractivity contribution in [2.75, 3.05) is 12.3 Å². The third kappa shape index (κ3) is 2.46. The Morgan fingerprint density at radius 3 is 2.86 bits per heavy atom. The summed E-state index contributed by atoms with van der Waals surface area (Å²) in [5.74, 6) is 0.900. The topological polar surface area (TPSA) is 85.9 Å². The van der Waals surface area contributed by atoms with Crippen LogP contribution in [-0.2, 0) is 23.1 Å². The van der Waals surface area contributed by atoms with Crippen molar-refractivity contribution >= 4 is 10.0 Å². The molecule has 0 bridgehead atoms. The van der Waals surface area contributed by atoms with E-state index >= 15 is 0 Å². The van der Waals surface area contributed by atoms with Gasteiger partial charge in [-0.3, -0.25) is 0 Å². The molecule has 21 heavy (non-hydrogen) atoms. The number of imidazole rings is 1. The Kier molecular flexibility index (Phi) is 3.54. The SMILES string of the molecule is CCS(=O)(=O)N1CCn2c(Cn3cncn3)cnc2C1C. The van der Waals surface area contributed by atoms with Gasteiger partial charge in [0.2, 0.25) is 10.0 Å². The fraction of sp³-hybridized carbons (Fsp3) is 0.583. The van der Waals surface area contributed by atoms with Crippen LogP contribution < -0.4 is 0 Å². The summed E-state index contributed by atoms with van der Waals surface area (Å²) < 4.78 is 29.5. The molecule has 1 atom stereocenters. The van der Waals surface area contributed by atoms with Crippen LogP contribution in [0.1, 0.15) is 31.4 Å². The summed E-state index contributed by atoms with van der Waals surface area (Å²) in [4.78, 5) is 8.33. The van der Waals surface area contributed by atoms with Crippen LogP contribution in [-0.4, -0.2) is 49.3 Å². The summed E-state index contributed by atoms with van der Waals surface area (Å²) in [6.45, 7) is 5.22. The first-order valence-corrected chi connectivity index (χ1v) is 8.50. The van der Waals surface area contributed by atoms with Gasteiger partial charge in [0, 0.05) is 13.1 Å². The molecule has 0 fully saturated rings. The summed E-state index contributed by atoms with van der Waals surface area (Å²) in [6, 6.07) is -0.242. The van der Waals surface area contributed by atoms with E-state index in [1.54, 1.807) is 24.1 Å². The minimum absolute atomic E-state index is 0.115. The minimum atomic E-state index is -3.20. The van der Waals surface area contributed by atoms with Crippen molar-refractivity contribution in [2.24, 2.45) is 0 Å². The Labute approximate surface area is 123 Å². The van der Waals surface area contributed by atoms with Gasteiger partial charge >= 0.3 is 0 Å². The molecule has 3 rings (SSSR count). The van der Waals surface area contributed by atoms with E-state index in [0.717, 1.165) is 11.5 Å². The number of aromatic nitrogens is 5. The Balaban J connectivity index is 1.89. The molecule has 0 radical (unpaired) electrons.